The molecule has 1 aliphatic carbocycles. The van der Waals surface area contributed by atoms with E-state index in [0.29, 0.717) is 0 Å². The highest BCUT2D eigenvalue weighted by Crippen LogP contribution is 2.36. The first-order chi connectivity index (χ1) is 8.81. The van der Waals surface area contributed by atoms with Crippen molar-refractivity contribution in [3.05, 3.63) is 64.5 Å². The molecule has 0 heterocycles. The molecular weight excluding hydrogens is 235 g/mol. The topological polar surface area (TPSA) is 0 Å². The summed E-state index contributed by atoms with van der Waals surface area (Å²) >= 11 is 0. The summed E-state index contributed by atoms with van der Waals surface area (Å²) in [5, 5.41) is 1.55. The van der Waals surface area contributed by atoms with Crippen molar-refractivity contribution in [2.45, 2.75) is 26.7 Å². The van der Waals surface area contributed by atoms with Crippen LogP contribution in [0.1, 0.15) is 32.3 Å². The Bertz CT molecular complexity index is 478. The third-order valence-electron chi connectivity index (χ3n) is 3.21. The molecule has 0 saturated carbocycles. The summed E-state index contributed by atoms with van der Waals surface area (Å²) in [6.07, 6.45) is 10.6. The summed E-state index contributed by atoms with van der Waals surface area (Å²) in [6, 6.07) is 10.6. The van der Waals surface area contributed by atoms with Gasteiger partial charge >= 0.3 is 0 Å². The van der Waals surface area contributed by atoms with Crippen LogP contribution in [0.15, 0.2) is 58.9 Å². The van der Waals surface area contributed by atoms with Crippen LogP contribution in [0.25, 0.3) is 6.08 Å². The predicted octanol–water partition coefficient (Wildman–Crippen LogP) is 5.39. The van der Waals surface area contributed by atoms with E-state index in [9.17, 15) is 0 Å². The van der Waals surface area contributed by atoms with Crippen molar-refractivity contribution in [3.8, 4) is 0 Å². The van der Waals surface area contributed by atoms with Gasteiger partial charge in [-0.3, -0.25) is 0 Å². The summed E-state index contributed by atoms with van der Waals surface area (Å²) in [7, 11) is 0.960. The molecule has 0 nitrogen and oxygen atoms in total. The Labute approximate surface area is 112 Å². The Balaban J connectivity index is 2.22. The molecule has 2 rings (SSSR count). The zero-order valence-corrected chi connectivity index (χ0v) is 12.2. The van der Waals surface area contributed by atoms with Crippen molar-refractivity contribution in [2.24, 2.45) is 0 Å². The van der Waals surface area contributed by atoms with Gasteiger partial charge in [0.1, 0.15) is 0 Å². The van der Waals surface area contributed by atoms with Gasteiger partial charge in [0.2, 0.25) is 0 Å². The van der Waals surface area contributed by atoms with Gasteiger partial charge in [-0.15, -0.1) is 0 Å². The average molecular weight is 256 g/mol. The van der Waals surface area contributed by atoms with Crippen LogP contribution >= 0.6 is 8.58 Å². The third-order valence-corrected chi connectivity index (χ3v) is 4.89. The summed E-state index contributed by atoms with van der Waals surface area (Å²) in [5.74, 6) is 0. The molecule has 1 aromatic carbocycles. The lowest BCUT2D eigenvalue weighted by molar-refractivity contribution is 1.10. The van der Waals surface area contributed by atoms with Gasteiger partial charge in [0.15, 0.2) is 0 Å². The lowest BCUT2D eigenvalue weighted by atomic mass is 9.97. The summed E-state index contributed by atoms with van der Waals surface area (Å²) in [6.45, 7) is 4.53. The number of allylic oxidation sites excluding steroid dienone is 5. The molecule has 0 N–H and O–H groups in total. The lowest BCUT2D eigenvalue weighted by Crippen LogP contribution is -1.93. The fourth-order valence-corrected chi connectivity index (χ4v) is 3.30. The molecule has 0 spiro atoms. The van der Waals surface area contributed by atoms with E-state index < -0.39 is 0 Å². The molecule has 1 unspecified atom stereocenters. The van der Waals surface area contributed by atoms with Crippen molar-refractivity contribution >= 4 is 14.7 Å². The minimum Gasteiger partial charge on any atom is -0.0901 e. The summed E-state index contributed by atoms with van der Waals surface area (Å²) in [5.41, 5.74) is 4.27. The Morgan fingerprint density at radius 3 is 2.72 bits per heavy atom. The summed E-state index contributed by atoms with van der Waals surface area (Å²) in [4.78, 5) is 0. The first-order valence-corrected chi connectivity index (χ1v) is 7.89. The molecule has 1 heteroatoms. The number of hydrogen-bond donors (Lipinski definition) is 0. The van der Waals surface area contributed by atoms with Gasteiger partial charge in [-0.2, -0.15) is 0 Å². The maximum Gasteiger partial charge on any atom is -0.00910 e. The van der Waals surface area contributed by atoms with Crippen molar-refractivity contribution < 1.29 is 0 Å². The molecular formula is C17H21P. The Hall–Kier alpha value is -1.13. The van der Waals surface area contributed by atoms with E-state index >= 15 is 0 Å². The van der Waals surface area contributed by atoms with Crippen LogP contribution in [0.3, 0.4) is 0 Å². The Morgan fingerprint density at radius 1 is 1.22 bits per heavy atom. The lowest BCUT2D eigenvalue weighted by Gasteiger charge is -2.16. The molecule has 18 heavy (non-hydrogen) atoms. The molecule has 0 amide bonds. The van der Waals surface area contributed by atoms with Gasteiger partial charge in [0.25, 0.3) is 0 Å². The molecule has 0 radical (unpaired) electrons. The van der Waals surface area contributed by atoms with Crippen LogP contribution in [-0.4, -0.2) is 6.16 Å². The quantitative estimate of drug-likeness (QED) is 0.633. The van der Waals surface area contributed by atoms with Gasteiger partial charge in [-0.1, -0.05) is 70.5 Å². The van der Waals surface area contributed by atoms with E-state index in [4.69, 9.17) is 0 Å². The SMILES string of the molecule is CCCPC1=C(C)C(=Cc2ccccc2)CC=C1. The second kappa shape index (κ2) is 6.71. The van der Waals surface area contributed by atoms with E-state index in [1.54, 1.807) is 5.31 Å². The predicted molar refractivity (Wildman–Crippen MR) is 84.3 cm³/mol. The van der Waals surface area contributed by atoms with Crippen molar-refractivity contribution in [1.29, 1.82) is 0 Å². The molecule has 0 aromatic heterocycles. The smallest absolute Gasteiger partial charge is 0.00910 e. The van der Waals surface area contributed by atoms with E-state index in [2.05, 4.69) is 62.4 Å². The first-order valence-electron chi connectivity index (χ1n) is 6.68. The van der Waals surface area contributed by atoms with Crippen LogP contribution in [0.4, 0.5) is 0 Å². The van der Waals surface area contributed by atoms with Crippen LogP contribution in [0.2, 0.25) is 0 Å². The second-order valence-electron chi connectivity index (χ2n) is 4.65. The van der Waals surface area contributed by atoms with E-state index in [-0.39, 0.29) is 0 Å². The number of benzene rings is 1. The highest BCUT2D eigenvalue weighted by atomic mass is 31.1. The van der Waals surface area contributed by atoms with Gasteiger partial charge < -0.3 is 0 Å². The molecule has 0 bridgehead atoms. The summed E-state index contributed by atoms with van der Waals surface area (Å²) < 4.78 is 0. The van der Waals surface area contributed by atoms with Crippen LogP contribution in [-0.2, 0) is 0 Å². The zero-order chi connectivity index (χ0) is 12.8. The maximum atomic E-state index is 2.33. The molecule has 0 saturated heterocycles. The third kappa shape index (κ3) is 3.43. The van der Waals surface area contributed by atoms with E-state index in [1.807, 2.05) is 0 Å². The number of rotatable bonds is 4. The van der Waals surface area contributed by atoms with Crippen molar-refractivity contribution in [3.63, 3.8) is 0 Å². The van der Waals surface area contributed by atoms with Gasteiger partial charge in [-0.05, 0) is 41.5 Å². The van der Waals surface area contributed by atoms with E-state index in [1.165, 1.54) is 29.3 Å². The molecule has 0 aliphatic heterocycles. The minimum absolute atomic E-state index is 0.960. The number of hydrogen-bond acceptors (Lipinski definition) is 0. The average Bonchev–Trinajstić information content (AvgIpc) is 2.41. The molecule has 1 atom stereocenters. The highest BCUT2D eigenvalue weighted by molar-refractivity contribution is 7.43. The van der Waals surface area contributed by atoms with Gasteiger partial charge in [-0.25, -0.2) is 0 Å². The monoisotopic (exact) mass is 256 g/mol. The second-order valence-corrected chi connectivity index (χ2v) is 6.04. The highest BCUT2D eigenvalue weighted by Gasteiger charge is 2.08. The molecule has 0 fully saturated rings. The van der Waals surface area contributed by atoms with Crippen LogP contribution in [0, 0.1) is 0 Å². The van der Waals surface area contributed by atoms with Crippen molar-refractivity contribution in [1.82, 2.24) is 0 Å². The minimum atomic E-state index is 0.960. The fourth-order valence-electron chi connectivity index (χ4n) is 2.12. The largest absolute Gasteiger partial charge is 0.0901 e. The van der Waals surface area contributed by atoms with Gasteiger partial charge in [0, 0.05) is 0 Å². The normalized spacial score (nSPS) is 18.2. The standard InChI is InChI=1S/C17H21P/c1-3-12-18-17-11-7-10-16(14(17)2)13-15-8-5-4-6-9-15/h4-9,11,13,18H,3,10,12H2,1-2H3. The van der Waals surface area contributed by atoms with Crippen LogP contribution in [0.5, 0.6) is 0 Å². The van der Waals surface area contributed by atoms with Crippen molar-refractivity contribution in [2.75, 3.05) is 6.16 Å². The Morgan fingerprint density at radius 2 is 2.00 bits per heavy atom. The van der Waals surface area contributed by atoms with E-state index in [0.717, 1.165) is 15.0 Å². The van der Waals surface area contributed by atoms with Crippen LogP contribution < -0.4 is 0 Å². The zero-order valence-electron chi connectivity index (χ0n) is 11.2. The fraction of sp³-hybridized carbons (Fsp3) is 0.294. The first kappa shape index (κ1) is 13.3. The molecule has 1 aliphatic rings. The molecule has 94 valence electrons. The van der Waals surface area contributed by atoms with Gasteiger partial charge in [0.05, 0.1) is 0 Å². The maximum absolute atomic E-state index is 2.33. The Kier molecular flexibility index (Phi) is 4.96. The molecule has 1 aromatic rings.